The Hall–Kier alpha value is -1.07. The van der Waals surface area contributed by atoms with Crippen molar-refractivity contribution in [2.75, 3.05) is 16.8 Å². The number of hydrogen-bond acceptors (Lipinski definition) is 4. The first-order valence-corrected chi connectivity index (χ1v) is 7.42. The van der Waals surface area contributed by atoms with Gasteiger partial charge < -0.3 is 10.4 Å². The van der Waals surface area contributed by atoms with Crippen molar-refractivity contribution in [2.45, 2.75) is 26.0 Å². The van der Waals surface area contributed by atoms with E-state index in [1.165, 1.54) is 5.56 Å². The van der Waals surface area contributed by atoms with Crippen LogP contribution >= 0.6 is 0 Å². The topological polar surface area (TPSA) is 66.4 Å². The van der Waals surface area contributed by atoms with Crippen molar-refractivity contribution < 1.29 is 13.5 Å². The van der Waals surface area contributed by atoms with Crippen molar-refractivity contribution in [3.8, 4) is 0 Å². The molecule has 1 heterocycles. The van der Waals surface area contributed by atoms with E-state index in [2.05, 4.69) is 5.32 Å². The molecular formula is C12H17NO3S. The maximum atomic E-state index is 11.4. The van der Waals surface area contributed by atoms with E-state index >= 15 is 0 Å². The van der Waals surface area contributed by atoms with Gasteiger partial charge in [-0.2, -0.15) is 0 Å². The molecule has 5 heteroatoms. The molecule has 1 saturated heterocycles. The minimum absolute atomic E-state index is 0.00108. The Kier molecular flexibility index (Phi) is 3.14. The maximum Gasteiger partial charge on any atom is 0.155 e. The SMILES string of the molecule is Cc1ccc(N[C@@H]2CS(=O)(=O)C[C@@H]2O)cc1C. The lowest BCUT2D eigenvalue weighted by molar-refractivity contribution is 0.190. The van der Waals surface area contributed by atoms with Crippen LogP contribution in [0, 0.1) is 13.8 Å². The van der Waals surface area contributed by atoms with E-state index in [9.17, 15) is 13.5 Å². The van der Waals surface area contributed by atoms with Gasteiger partial charge in [-0.3, -0.25) is 0 Å². The lowest BCUT2D eigenvalue weighted by atomic mass is 10.1. The molecule has 2 rings (SSSR count). The molecule has 0 bridgehead atoms. The fourth-order valence-electron chi connectivity index (χ4n) is 2.01. The van der Waals surface area contributed by atoms with E-state index in [0.717, 1.165) is 11.3 Å². The van der Waals surface area contributed by atoms with Crippen LogP contribution in [0.15, 0.2) is 18.2 Å². The van der Waals surface area contributed by atoms with E-state index in [1.807, 2.05) is 32.0 Å². The number of aliphatic hydroxyl groups excluding tert-OH is 1. The van der Waals surface area contributed by atoms with Gasteiger partial charge in [-0.05, 0) is 37.1 Å². The molecule has 0 radical (unpaired) electrons. The second-order valence-electron chi connectivity index (χ2n) is 4.69. The molecule has 2 atom stereocenters. The van der Waals surface area contributed by atoms with Gasteiger partial charge in [0.15, 0.2) is 9.84 Å². The lowest BCUT2D eigenvalue weighted by Gasteiger charge is -2.17. The highest BCUT2D eigenvalue weighted by Gasteiger charge is 2.36. The number of aryl methyl sites for hydroxylation is 2. The Morgan fingerprint density at radius 1 is 1.24 bits per heavy atom. The number of rotatable bonds is 2. The molecule has 0 amide bonds. The Labute approximate surface area is 102 Å². The largest absolute Gasteiger partial charge is 0.390 e. The maximum absolute atomic E-state index is 11.4. The summed E-state index contributed by atoms with van der Waals surface area (Å²) in [5, 5.41) is 12.8. The molecule has 4 nitrogen and oxygen atoms in total. The molecule has 1 aromatic carbocycles. The van der Waals surface area contributed by atoms with Crippen LogP contribution in [0.1, 0.15) is 11.1 Å². The Bertz CT molecular complexity index is 525. The molecule has 17 heavy (non-hydrogen) atoms. The first-order chi connectivity index (χ1) is 7.87. The summed E-state index contributed by atoms with van der Waals surface area (Å²) in [7, 11) is -3.10. The van der Waals surface area contributed by atoms with Crippen molar-refractivity contribution in [1.82, 2.24) is 0 Å². The van der Waals surface area contributed by atoms with E-state index in [4.69, 9.17) is 0 Å². The number of benzene rings is 1. The molecule has 0 aromatic heterocycles. The third-order valence-electron chi connectivity index (χ3n) is 3.18. The summed E-state index contributed by atoms with van der Waals surface area (Å²) in [4.78, 5) is 0. The molecule has 2 N–H and O–H groups in total. The van der Waals surface area contributed by atoms with Gasteiger partial charge in [0.05, 0.1) is 23.7 Å². The second-order valence-corrected chi connectivity index (χ2v) is 6.85. The van der Waals surface area contributed by atoms with Crippen LogP contribution in [-0.2, 0) is 9.84 Å². The van der Waals surface area contributed by atoms with Crippen LogP contribution in [0.25, 0.3) is 0 Å². The fourth-order valence-corrected chi connectivity index (χ4v) is 3.75. The van der Waals surface area contributed by atoms with Crippen LogP contribution in [0.2, 0.25) is 0 Å². The normalized spacial score (nSPS) is 27.0. The van der Waals surface area contributed by atoms with Gasteiger partial charge in [0, 0.05) is 5.69 Å². The van der Waals surface area contributed by atoms with Gasteiger partial charge in [-0.25, -0.2) is 8.42 Å². The standard InChI is InChI=1S/C12H17NO3S/c1-8-3-4-10(5-9(8)2)13-11-6-17(15,16)7-12(11)14/h3-5,11-14H,6-7H2,1-2H3/t11-,12+/m1/s1. The third-order valence-corrected chi connectivity index (χ3v) is 4.90. The first-order valence-electron chi connectivity index (χ1n) is 5.60. The summed E-state index contributed by atoms with van der Waals surface area (Å²) in [5.74, 6) is -0.142. The molecule has 0 spiro atoms. The predicted molar refractivity (Wildman–Crippen MR) is 68.0 cm³/mol. The average Bonchev–Trinajstić information content (AvgIpc) is 2.46. The number of hydrogen-bond donors (Lipinski definition) is 2. The molecule has 0 unspecified atom stereocenters. The van der Waals surface area contributed by atoms with E-state index in [1.54, 1.807) is 0 Å². The zero-order valence-electron chi connectivity index (χ0n) is 9.97. The quantitative estimate of drug-likeness (QED) is 0.823. The Morgan fingerprint density at radius 3 is 2.47 bits per heavy atom. The Morgan fingerprint density at radius 2 is 1.94 bits per heavy atom. The van der Waals surface area contributed by atoms with Crippen LogP contribution in [0.3, 0.4) is 0 Å². The zero-order valence-corrected chi connectivity index (χ0v) is 10.8. The van der Waals surface area contributed by atoms with Crippen molar-refractivity contribution in [3.63, 3.8) is 0 Å². The number of anilines is 1. The van der Waals surface area contributed by atoms with E-state index in [0.29, 0.717) is 0 Å². The van der Waals surface area contributed by atoms with Crippen molar-refractivity contribution in [2.24, 2.45) is 0 Å². The van der Waals surface area contributed by atoms with Gasteiger partial charge in [-0.1, -0.05) is 6.07 Å². The van der Waals surface area contributed by atoms with Gasteiger partial charge in [0.1, 0.15) is 0 Å². The van der Waals surface area contributed by atoms with Gasteiger partial charge in [0.25, 0.3) is 0 Å². The Balaban J connectivity index is 2.14. The van der Waals surface area contributed by atoms with E-state index in [-0.39, 0.29) is 11.5 Å². The summed E-state index contributed by atoms with van der Waals surface area (Å²) in [6, 6.07) is 5.45. The van der Waals surface area contributed by atoms with Crippen LogP contribution in [0.4, 0.5) is 5.69 Å². The van der Waals surface area contributed by atoms with Gasteiger partial charge >= 0.3 is 0 Å². The summed E-state index contributed by atoms with van der Waals surface area (Å²) in [5.41, 5.74) is 3.19. The molecule has 94 valence electrons. The van der Waals surface area contributed by atoms with Crippen molar-refractivity contribution in [1.29, 1.82) is 0 Å². The third kappa shape index (κ3) is 2.79. The summed E-state index contributed by atoms with van der Waals surface area (Å²) >= 11 is 0. The van der Waals surface area contributed by atoms with Crippen molar-refractivity contribution >= 4 is 15.5 Å². The lowest BCUT2D eigenvalue weighted by Crippen LogP contribution is -2.31. The molecule has 1 aliphatic heterocycles. The minimum Gasteiger partial charge on any atom is -0.390 e. The van der Waals surface area contributed by atoms with Gasteiger partial charge in [-0.15, -0.1) is 0 Å². The van der Waals surface area contributed by atoms with Crippen LogP contribution < -0.4 is 5.32 Å². The van der Waals surface area contributed by atoms with Crippen LogP contribution in [-0.4, -0.2) is 37.2 Å². The van der Waals surface area contributed by atoms with E-state index < -0.39 is 22.0 Å². The molecule has 0 saturated carbocycles. The molecule has 1 aromatic rings. The average molecular weight is 255 g/mol. The van der Waals surface area contributed by atoms with Crippen molar-refractivity contribution in [3.05, 3.63) is 29.3 Å². The molecular weight excluding hydrogens is 238 g/mol. The number of sulfone groups is 1. The summed E-state index contributed by atoms with van der Waals surface area (Å²) in [6.45, 7) is 4.02. The van der Waals surface area contributed by atoms with Crippen LogP contribution in [0.5, 0.6) is 0 Å². The monoisotopic (exact) mass is 255 g/mol. The number of aliphatic hydroxyl groups is 1. The smallest absolute Gasteiger partial charge is 0.155 e. The predicted octanol–water partition coefficient (Wildman–Crippen LogP) is 0.873. The molecule has 1 fully saturated rings. The highest BCUT2D eigenvalue weighted by molar-refractivity contribution is 7.91. The molecule has 0 aliphatic carbocycles. The minimum atomic E-state index is -3.10. The highest BCUT2D eigenvalue weighted by atomic mass is 32.2. The highest BCUT2D eigenvalue weighted by Crippen LogP contribution is 2.20. The van der Waals surface area contributed by atoms with Gasteiger partial charge in [0.2, 0.25) is 0 Å². The summed E-state index contributed by atoms with van der Waals surface area (Å²) < 4.78 is 22.7. The molecule has 1 aliphatic rings. The zero-order chi connectivity index (χ0) is 12.6. The fraction of sp³-hybridized carbons (Fsp3) is 0.500. The summed E-state index contributed by atoms with van der Waals surface area (Å²) in [6.07, 6.45) is -0.818. The first kappa shape index (κ1) is 12.4. The second kappa shape index (κ2) is 4.31. The number of nitrogens with one attached hydrogen (secondary N) is 1.